The Kier molecular flexibility index (Phi) is 3.57. The van der Waals surface area contributed by atoms with Crippen molar-refractivity contribution in [2.24, 2.45) is 11.3 Å². The van der Waals surface area contributed by atoms with Crippen LogP contribution < -0.4 is 0 Å². The van der Waals surface area contributed by atoms with Gasteiger partial charge in [0.25, 0.3) is 5.91 Å². The second-order valence-corrected chi connectivity index (χ2v) is 6.51. The van der Waals surface area contributed by atoms with E-state index in [-0.39, 0.29) is 24.1 Å². The predicted molar refractivity (Wildman–Crippen MR) is 76.0 cm³/mol. The molecule has 0 spiro atoms. The number of nitrogens with zero attached hydrogens (tertiary/aromatic N) is 1. The van der Waals surface area contributed by atoms with E-state index in [0.717, 1.165) is 5.56 Å². The predicted octanol–water partition coefficient (Wildman–Crippen LogP) is 1.91. The topological polar surface area (TPSA) is 80.0 Å². The Balaban J connectivity index is 1.87. The molecule has 0 unspecified atom stereocenters. The molecule has 3 rings (SSSR count). The number of furan rings is 1. The molecule has 0 aromatic carbocycles. The SMILES string of the molecule is Cc1cc(Br)oc1C(=O)N1C[C@H]2COCC[C@@]2(C(=O)O)C1. The van der Waals surface area contributed by atoms with Gasteiger partial charge in [-0.05, 0) is 35.3 Å². The molecule has 3 heterocycles. The summed E-state index contributed by atoms with van der Waals surface area (Å²) in [7, 11) is 0. The van der Waals surface area contributed by atoms with Crippen LogP contribution in [0.2, 0.25) is 0 Å². The van der Waals surface area contributed by atoms with Gasteiger partial charge in [0.1, 0.15) is 0 Å². The largest absolute Gasteiger partial charge is 0.481 e. The smallest absolute Gasteiger partial charge is 0.311 e. The zero-order valence-corrected chi connectivity index (χ0v) is 13.2. The molecule has 1 aromatic rings. The lowest BCUT2D eigenvalue weighted by molar-refractivity contribution is -0.157. The van der Waals surface area contributed by atoms with Crippen molar-refractivity contribution < 1.29 is 23.8 Å². The highest BCUT2D eigenvalue weighted by atomic mass is 79.9. The molecule has 1 aromatic heterocycles. The van der Waals surface area contributed by atoms with E-state index in [2.05, 4.69) is 15.9 Å². The van der Waals surface area contributed by atoms with Gasteiger partial charge >= 0.3 is 5.97 Å². The Bertz CT molecular complexity index is 598. The second kappa shape index (κ2) is 5.14. The number of carbonyl (C=O) groups excluding carboxylic acids is 1. The monoisotopic (exact) mass is 357 g/mol. The van der Waals surface area contributed by atoms with Gasteiger partial charge in [0.05, 0.1) is 12.0 Å². The molecule has 1 N–H and O–H groups in total. The minimum atomic E-state index is -0.883. The molecule has 0 bridgehead atoms. The maximum atomic E-state index is 12.6. The number of hydrogen-bond acceptors (Lipinski definition) is 4. The number of ether oxygens (including phenoxy) is 1. The first-order valence-electron chi connectivity index (χ1n) is 6.80. The van der Waals surface area contributed by atoms with E-state index in [1.807, 2.05) is 0 Å². The molecule has 2 atom stereocenters. The Morgan fingerprint density at radius 1 is 1.52 bits per heavy atom. The maximum absolute atomic E-state index is 12.6. The number of aryl methyl sites for hydroxylation is 1. The molecular formula is C14H16BrNO5. The Labute approximate surface area is 130 Å². The minimum Gasteiger partial charge on any atom is -0.481 e. The van der Waals surface area contributed by atoms with Gasteiger partial charge < -0.3 is 19.2 Å². The molecule has 2 aliphatic rings. The third kappa shape index (κ3) is 2.28. The van der Waals surface area contributed by atoms with Crippen LogP contribution >= 0.6 is 15.9 Å². The lowest BCUT2D eigenvalue weighted by atomic mass is 9.74. The molecule has 7 heteroatoms. The fourth-order valence-corrected chi connectivity index (χ4v) is 3.76. The van der Waals surface area contributed by atoms with E-state index in [1.165, 1.54) is 0 Å². The normalized spacial score (nSPS) is 28.5. The summed E-state index contributed by atoms with van der Waals surface area (Å²) in [6.45, 7) is 3.21. The number of carbonyl (C=O) groups is 2. The van der Waals surface area contributed by atoms with Crippen molar-refractivity contribution in [3.05, 3.63) is 22.1 Å². The summed E-state index contributed by atoms with van der Waals surface area (Å²) in [5.74, 6) is -0.995. The van der Waals surface area contributed by atoms with Crippen LogP contribution in [-0.2, 0) is 9.53 Å². The first kappa shape index (κ1) is 14.6. The van der Waals surface area contributed by atoms with E-state index in [1.54, 1.807) is 17.9 Å². The highest BCUT2D eigenvalue weighted by Crippen LogP contribution is 2.43. The summed E-state index contributed by atoms with van der Waals surface area (Å²) in [6.07, 6.45) is 0.442. The highest BCUT2D eigenvalue weighted by Gasteiger charge is 2.55. The molecule has 114 valence electrons. The number of carboxylic acids is 1. The van der Waals surface area contributed by atoms with Gasteiger partial charge in [-0.1, -0.05) is 0 Å². The van der Waals surface area contributed by atoms with Gasteiger partial charge in [0.2, 0.25) is 0 Å². The van der Waals surface area contributed by atoms with Crippen molar-refractivity contribution in [2.45, 2.75) is 13.3 Å². The standard InChI is InChI=1S/C14H16BrNO5/c1-8-4-10(15)21-11(8)12(17)16-5-9-6-20-3-2-14(9,7-16)13(18)19/h4,9H,2-3,5-7H2,1H3,(H,18,19)/t9-,14+/m0/s1. The van der Waals surface area contributed by atoms with Crippen LogP contribution in [0.3, 0.4) is 0 Å². The summed E-state index contributed by atoms with van der Waals surface area (Å²) in [5, 5.41) is 9.60. The highest BCUT2D eigenvalue weighted by molar-refractivity contribution is 9.10. The molecule has 2 fully saturated rings. The number of amides is 1. The van der Waals surface area contributed by atoms with Crippen LogP contribution in [0.25, 0.3) is 0 Å². The fourth-order valence-electron chi connectivity index (χ4n) is 3.25. The van der Waals surface area contributed by atoms with Gasteiger partial charge in [-0.25, -0.2) is 0 Å². The Morgan fingerprint density at radius 2 is 2.29 bits per heavy atom. The first-order chi connectivity index (χ1) is 9.94. The number of fused-ring (bicyclic) bond motifs is 1. The van der Waals surface area contributed by atoms with Crippen LogP contribution in [0, 0.1) is 18.3 Å². The molecule has 21 heavy (non-hydrogen) atoms. The number of carboxylic acid groups (broad SMARTS) is 1. The van der Waals surface area contributed by atoms with Crippen molar-refractivity contribution >= 4 is 27.8 Å². The molecular weight excluding hydrogens is 342 g/mol. The van der Waals surface area contributed by atoms with Gasteiger partial charge in [-0.3, -0.25) is 9.59 Å². The first-order valence-corrected chi connectivity index (χ1v) is 7.60. The average Bonchev–Trinajstić information content (AvgIpc) is 2.99. The van der Waals surface area contributed by atoms with E-state index < -0.39 is 11.4 Å². The summed E-state index contributed by atoms with van der Waals surface area (Å²) in [4.78, 5) is 25.9. The van der Waals surface area contributed by atoms with E-state index in [9.17, 15) is 14.7 Å². The lowest BCUT2D eigenvalue weighted by Gasteiger charge is -2.33. The zero-order valence-electron chi connectivity index (χ0n) is 11.6. The molecule has 0 aliphatic carbocycles. The van der Waals surface area contributed by atoms with Crippen LogP contribution in [0.15, 0.2) is 15.2 Å². The number of rotatable bonds is 2. The van der Waals surface area contributed by atoms with E-state index in [0.29, 0.717) is 30.8 Å². The van der Waals surface area contributed by atoms with Crippen LogP contribution in [-0.4, -0.2) is 48.2 Å². The Hall–Kier alpha value is -1.34. The van der Waals surface area contributed by atoms with Crippen LogP contribution in [0.4, 0.5) is 0 Å². The third-order valence-electron chi connectivity index (χ3n) is 4.50. The van der Waals surface area contributed by atoms with Crippen molar-refractivity contribution in [3.63, 3.8) is 0 Å². The lowest BCUT2D eigenvalue weighted by Crippen LogP contribution is -2.45. The van der Waals surface area contributed by atoms with Crippen LogP contribution in [0.1, 0.15) is 22.5 Å². The van der Waals surface area contributed by atoms with Crippen molar-refractivity contribution in [3.8, 4) is 0 Å². The molecule has 2 aliphatic heterocycles. The van der Waals surface area contributed by atoms with Gasteiger partial charge in [-0.15, -0.1) is 0 Å². The summed E-state index contributed by atoms with van der Waals surface area (Å²) >= 11 is 3.20. The van der Waals surface area contributed by atoms with Gasteiger partial charge in [0.15, 0.2) is 10.4 Å². The molecule has 6 nitrogen and oxygen atoms in total. The van der Waals surface area contributed by atoms with Gasteiger partial charge in [0, 0.05) is 31.2 Å². The number of aliphatic carboxylic acids is 1. The zero-order chi connectivity index (χ0) is 15.2. The summed E-state index contributed by atoms with van der Waals surface area (Å²) in [6, 6.07) is 1.73. The molecule has 0 radical (unpaired) electrons. The third-order valence-corrected chi connectivity index (χ3v) is 4.89. The maximum Gasteiger partial charge on any atom is 0.311 e. The fraction of sp³-hybridized carbons (Fsp3) is 0.571. The van der Waals surface area contributed by atoms with Crippen molar-refractivity contribution in [2.75, 3.05) is 26.3 Å². The quantitative estimate of drug-likeness (QED) is 0.874. The number of likely N-dealkylation sites (tertiary alicyclic amines) is 1. The molecule has 2 saturated heterocycles. The number of halogens is 1. The Morgan fingerprint density at radius 3 is 2.86 bits per heavy atom. The van der Waals surface area contributed by atoms with Crippen LogP contribution in [0.5, 0.6) is 0 Å². The molecule has 0 saturated carbocycles. The summed E-state index contributed by atoms with van der Waals surface area (Å²) in [5.41, 5.74) is -0.145. The van der Waals surface area contributed by atoms with Crippen molar-refractivity contribution in [1.29, 1.82) is 0 Å². The molecule has 1 amide bonds. The summed E-state index contributed by atoms with van der Waals surface area (Å²) < 4.78 is 11.3. The number of hydrogen-bond donors (Lipinski definition) is 1. The van der Waals surface area contributed by atoms with E-state index in [4.69, 9.17) is 9.15 Å². The van der Waals surface area contributed by atoms with Gasteiger partial charge in [-0.2, -0.15) is 0 Å². The van der Waals surface area contributed by atoms with E-state index >= 15 is 0 Å². The minimum absolute atomic E-state index is 0.161. The average molecular weight is 358 g/mol. The second-order valence-electron chi connectivity index (χ2n) is 5.73. The van der Waals surface area contributed by atoms with Crippen molar-refractivity contribution in [1.82, 2.24) is 4.90 Å².